The number of benzene rings is 1. The van der Waals surface area contributed by atoms with E-state index < -0.39 is 0 Å². The summed E-state index contributed by atoms with van der Waals surface area (Å²) in [7, 11) is 3.52. The van der Waals surface area contributed by atoms with Gasteiger partial charge in [0.15, 0.2) is 5.96 Å². The van der Waals surface area contributed by atoms with E-state index in [1.54, 1.807) is 13.3 Å². The number of methoxy groups -OCH3 is 1. The van der Waals surface area contributed by atoms with Crippen LogP contribution >= 0.6 is 0 Å². The van der Waals surface area contributed by atoms with Crippen molar-refractivity contribution >= 4 is 5.96 Å². The highest BCUT2D eigenvalue weighted by molar-refractivity contribution is 5.79. The molecule has 7 heteroatoms. The van der Waals surface area contributed by atoms with Crippen LogP contribution in [-0.2, 0) is 6.54 Å². The van der Waals surface area contributed by atoms with Crippen molar-refractivity contribution < 1.29 is 4.74 Å². The van der Waals surface area contributed by atoms with Crippen molar-refractivity contribution in [1.82, 2.24) is 25.1 Å². The summed E-state index contributed by atoms with van der Waals surface area (Å²) in [4.78, 5) is 11.0. The van der Waals surface area contributed by atoms with Crippen LogP contribution in [0.4, 0.5) is 0 Å². The van der Waals surface area contributed by atoms with Crippen LogP contribution in [-0.4, -0.2) is 60.7 Å². The molecule has 0 amide bonds. The lowest BCUT2D eigenvalue weighted by atomic mass is 10.0. The predicted molar refractivity (Wildman–Crippen MR) is 113 cm³/mol. The van der Waals surface area contributed by atoms with Gasteiger partial charge in [-0.25, -0.2) is 4.98 Å². The molecule has 1 aromatic heterocycles. The minimum absolute atomic E-state index is 0.318. The van der Waals surface area contributed by atoms with Crippen LogP contribution in [0.5, 0.6) is 5.75 Å². The fraction of sp³-hybridized carbons (Fsp3) is 0.524. The molecule has 1 aliphatic rings. The summed E-state index contributed by atoms with van der Waals surface area (Å²) < 4.78 is 7.37. The Morgan fingerprint density at radius 1 is 1.18 bits per heavy atom. The van der Waals surface area contributed by atoms with Crippen molar-refractivity contribution in [3.05, 3.63) is 48.5 Å². The van der Waals surface area contributed by atoms with E-state index in [9.17, 15) is 0 Å². The summed E-state index contributed by atoms with van der Waals surface area (Å²) in [5.74, 6) is 1.72. The van der Waals surface area contributed by atoms with Crippen molar-refractivity contribution in [2.24, 2.45) is 4.99 Å². The molecule has 0 bridgehead atoms. The van der Waals surface area contributed by atoms with Gasteiger partial charge in [-0.1, -0.05) is 18.6 Å². The summed E-state index contributed by atoms with van der Waals surface area (Å²) >= 11 is 0. The Hall–Kier alpha value is -2.54. The molecule has 7 nitrogen and oxygen atoms in total. The van der Waals surface area contributed by atoms with Crippen LogP contribution in [0.3, 0.4) is 0 Å². The molecule has 1 unspecified atom stereocenters. The molecule has 28 heavy (non-hydrogen) atoms. The van der Waals surface area contributed by atoms with Crippen LogP contribution in [0.2, 0.25) is 0 Å². The molecule has 2 heterocycles. The number of nitrogens with one attached hydrogen (secondary N) is 2. The summed E-state index contributed by atoms with van der Waals surface area (Å²) in [5, 5.41) is 6.90. The van der Waals surface area contributed by atoms with E-state index in [0.29, 0.717) is 6.04 Å². The average Bonchev–Trinajstić information content (AvgIpc) is 3.27. The third-order valence-corrected chi connectivity index (χ3v) is 5.24. The third-order valence-electron chi connectivity index (χ3n) is 5.24. The highest BCUT2D eigenvalue weighted by Gasteiger charge is 2.22. The Labute approximate surface area is 167 Å². The molecule has 2 N–H and O–H groups in total. The molecule has 2 aromatic rings. The van der Waals surface area contributed by atoms with Crippen molar-refractivity contribution in [1.29, 1.82) is 0 Å². The van der Waals surface area contributed by atoms with Crippen molar-refractivity contribution in [3.8, 4) is 5.75 Å². The van der Waals surface area contributed by atoms with Gasteiger partial charge in [-0.15, -0.1) is 0 Å². The van der Waals surface area contributed by atoms with Gasteiger partial charge >= 0.3 is 0 Å². The number of aliphatic imine (C=N–C) groups is 1. The van der Waals surface area contributed by atoms with Crippen LogP contribution in [0.1, 0.15) is 30.9 Å². The number of likely N-dealkylation sites (tertiary alicyclic amines) is 1. The first-order valence-electron chi connectivity index (χ1n) is 10.1. The van der Waals surface area contributed by atoms with Gasteiger partial charge in [0, 0.05) is 39.1 Å². The van der Waals surface area contributed by atoms with Gasteiger partial charge in [0.1, 0.15) is 5.75 Å². The Balaban J connectivity index is 1.59. The number of hydrogen-bond acceptors (Lipinski definition) is 4. The monoisotopic (exact) mass is 384 g/mol. The maximum absolute atomic E-state index is 5.32. The second-order valence-electron chi connectivity index (χ2n) is 7.07. The molecule has 1 saturated heterocycles. The molecule has 0 aliphatic carbocycles. The van der Waals surface area contributed by atoms with Crippen molar-refractivity contribution in [2.75, 3.05) is 40.3 Å². The highest BCUT2D eigenvalue weighted by atomic mass is 16.5. The average molecular weight is 385 g/mol. The smallest absolute Gasteiger partial charge is 0.191 e. The van der Waals surface area contributed by atoms with Crippen LogP contribution in [0.25, 0.3) is 0 Å². The number of guanidine groups is 1. The van der Waals surface area contributed by atoms with Crippen molar-refractivity contribution in [3.63, 3.8) is 0 Å². The quantitative estimate of drug-likeness (QED) is 0.540. The number of aromatic nitrogens is 2. The minimum Gasteiger partial charge on any atom is -0.497 e. The number of rotatable bonds is 8. The number of imidazole rings is 1. The lowest BCUT2D eigenvalue weighted by molar-refractivity contribution is 0.164. The standard InChI is InChI=1S/C21H32N6O/c1-22-21(24-11-15-26-14-10-23-17-26)25-16-20(27-12-4-3-5-13-27)18-6-8-19(28-2)9-7-18/h6-10,14,17,20H,3-5,11-13,15-16H2,1-2H3,(H2,22,24,25). The van der Waals surface area contributed by atoms with Gasteiger partial charge in [-0.05, 0) is 43.6 Å². The first-order chi connectivity index (χ1) is 13.8. The minimum atomic E-state index is 0.318. The summed E-state index contributed by atoms with van der Waals surface area (Å²) in [6, 6.07) is 8.76. The van der Waals surface area contributed by atoms with Crippen LogP contribution in [0.15, 0.2) is 48.0 Å². The molecule has 0 spiro atoms. The van der Waals surface area contributed by atoms with E-state index in [1.807, 2.05) is 36.3 Å². The lowest BCUT2D eigenvalue weighted by Gasteiger charge is -2.35. The fourth-order valence-corrected chi connectivity index (χ4v) is 3.65. The van der Waals surface area contributed by atoms with Gasteiger partial charge < -0.3 is 19.9 Å². The molecular weight excluding hydrogens is 352 g/mol. The van der Waals surface area contributed by atoms with E-state index in [1.165, 1.54) is 24.8 Å². The van der Waals surface area contributed by atoms with Gasteiger partial charge in [-0.2, -0.15) is 0 Å². The number of ether oxygens (including phenoxy) is 1. The van der Waals surface area contributed by atoms with Gasteiger partial charge in [0.05, 0.1) is 19.5 Å². The fourth-order valence-electron chi connectivity index (χ4n) is 3.65. The molecule has 1 atom stereocenters. The Kier molecular flexibility index (Phi) is 7.72. The molecular formula is C21H32N6O. The Bertz CT molecular complexity index is 707. The second kappa shape index (κ2) is 10.7. The zero-order valence-corrected chi connectivity index (χ0v) is 17.0. The lowest BCUT2D eigenvalue weighted by Crippen LogP contribution is -2.45. The number of piperidine rings is 1. The van der Waals surface area contributed by atoms with E-state index in [0.717, 1.165) is 44.4 Å². The first-order valence-corrected chi connectivity index (χ1v) is 10.1. The summed E-state index contributed by atoms with van der Waals surface area (Å²) in [5.41, 5.74) is 1.31. The molecule has 0 saturated carbocycles. The van der Waals surface area contributed by atoms with E-state index in [-0.39, 0.29) is 0 Å². The molecule has 152 valence electrons. The second-order valence-corrected chi connectivity index (χ2v) is 7.07. The van der Waals surface area contributed by atoms with E-state index in [2.05, 4.69) is 37.6 Å². The van der Waals surface area contributed by atoms with Crippen molar-refractivity contribution in [2.45, 2.75) is 31.8 Å². The zero-order chi connectivity index (χ0) is 19.6. The molecule has 1 aromatic carbocycles. The third kappa shape index (κ3) is 5.73. The van der Waals surface area contributed by atoms with Crippen LogP contribution < -0.4 is 15.4 Å². The van der Waals surface area contributed by atoms with Gasteiger partial charge in [0.2, 0.25) is 0 Å². The molecule has 1 aliphatic heterocycles. The number of nitrogens with zero attached hydrogens (tertiary/aromatic N) is 4. The van der Waals surface area contributed by atoms with Gasteiger partial charge in [-0.3, -0.25) is 9.89 Å². The van der Waals surface area contributed by atoms with E-state index >= 15 is 0 Å². The van der Waals surface area contributed by atoms with Crippen LogP contribution in [0, 0.1) is 0 Å². The molecule has 1 fully saturated rings. The Morgan fingerprint density at radius 3 is 2.61 bits per heavy atom. The summed E-state index contributed by atoms with van der Waals surface area (Å²) in [6.07, 6.45) is 9.46. The number of hydrogen-bond donors (Lipinski definition) is 2. The maximum Gasteiger partial charge on any atom is 0.191 e. The summed E-state index contributed by atoms with van der Waals surface area (Å²) in [6.45, 7) is 4.76. The van der Waals surface area contributed by atoms with Gasteiger partial charge in [0.25, 0.3) is 0 Å². The maximum atomic E-state index is 5.32. The Morgan fingerprint density at radius 2 is 1.96 bits per heavy atom. The molecule has 3 rings (SSSR count). The van der Waals surface area contributed by atoms with E-state index in [4.69, 9.17) is 4.74 Å². The largest absolute Gasteiger partial charge is 0.497 e. The normalized spacial score (nSPS) is 16.6. The first kappa shape index (κ1) is 20.2. The SMILES string of the molecule is CN=C(NCCn1ccnc1)NCC(c1ccc(OC)cc1)N1CCCCC1. The molecule has 0 radical (unpaired) electrons. The highest BCUT2D eigenvalue weighted by Crippen LogP contribution is 2.25. The zero-order valence-electron chi connectivity index (χ0n) is 17.0. The topological polar surface area (TPSA) is 66.7 Å². The predicted octanol–water partition coefficient (Wildman–Crippen LogP) is 2.28.